The second-order valence-corrected chi connectivity index (χ2v) is 2.95. The zero-order valence-electron chi connectivity index (χ0n) is 8.35. The van der Waals surface area contributed by atoms with Crippen molar-refractivity contribution in [3.05, 3.63) is 24.0 Å². The molecule has 86 valence electrons. The lowest BCUT2D eigenvalue weighted by Gasteiger charge is -2.19. The van der Waals surface area contributed by atoms with E-state index in [0.717, 1.165) is 0 Å². The van der Waals surface area contributed by atoms with Gasteiger partial charge in [0.1, 0.15) is 0 Å². The highest BCUT2D eigenvalue weighted by Gasteiger charge is 2.42. The number of H-pyrrole nitrogens is 1. The van der Waals surface area contributed by atoms with Crippen LogP contribution in [0, 0.1) is 11.8 Å². The van der Waals surface area contributed by atoms with E-state index in [0.29, 0.717) is 0 Å². The third kappa shape index (κ3) is 3.05. The smallest absolute Gasteiger partial charge is 0.363 e. The average molecular weight is 230 g/mol. The number of aromatic nitrogens is 1. The van der Waals surface area contributed by atoms with Crippen molar-refractivity contribution >= 4 is 5.91 Å². The summed E-state index contributed by atoms with van der Waals surface area (Å²) in [5.41, 5.74) is -0.126. The lowest BCUT2D eigenvalue weighted by Crippen LogP contribution is -2.37. The average Bonchev–Trinajstić information content (AvgIpc) is 2.65. The van der Waals surface area contributed by atoms with Crippen LogP contribution < -0.4 is 5.32 Å². The van der Waals surface area contributed by atoms with Gasteiger partial charge in [0.2, 0.25) is 0 Å². The van der Waals surface area contributed by atoms with Crippen LogP contribution in [-0.4, -0.2) is 17.1 Å². The molecule has 1 unspecified atom stereocenters. The standard InChI is InChI=1S/C10H9F3N2O/c1-2-4-8(16)15-9(10(11,12)13)7-5-3-6-14-7/h3,5-6,9,14H,1H3,(H,15,16). The number of amides is 1. The molecule has 1 aromatic rings. The zero-order valence-corrected chi connectivity index (χ0v) is 8.35. The fourth-order valence-electron chi connectivity index (χ4n) is 1.14. The number of hydrogen-bond donors (Lipinski definition) is 2. The number of aromatic amines is 1. The Balaban J connectivity index is 2.89. The Hall–Kier alpha value is -1.90. The predicted octanol–water partition coefficient (Wildman–Crippen LogP) is 1.76. The first kappa shape index (κ1) is 12.2. The maximum atomic E-state index is 12.6. The third-order valence-electron chi connectivity index (χ3n) is 1.77. The SMILES string of the molecule is CC#CC(=O)NC(c1ccc[nH]1)C(F)(F)F. The van der Waals surface area contributed by atoms with Crippen LogP contribution in [0.2, 0.25) is 0 Å². The molecule has 0 aromatic carbocycles. The molecule has 1 aromatic heterocycles. The van der Waals surface area contributed by atoms with E-state index in [-0.39, 0.29) is 5.69 Å². The number of rotatable bonds is 2. The van der Waals surface area contributed by atoms with Crippen LogP contribution >= 0.6 is 0 Å². The molecular formula is C10H9F3N2O. The van der Waals surface area contributed by atoms with Gasteiger partial charge in [0.15, 0.2) is 6.04 Å². The third-order valence-corrected chi connectivity index (χ3v) is 1.77. The highest BCUT2D eigenvalue weighted by Crippen LogP contribution is 2.31. The van der Waals surface area contributed by atoms with Crippen LogP contribution in [0.3, 0.4) is 0 Å². The van der Waals surface area contributed by atoms with Crippen molar-refractivity contribution in [2.45, 2.75) is 19.1 Å². The Morgan fingerprint density at radius 3 is 2.69 bits per heavy atom. The Labute approximate surface area is 90.0 Å². The van der Waals surface area contributed by atoms with Crippen molar-refractivity contribution in [1.29, 1.82) is 0 Å². The molecule has 0 saturated heterocycles. The molecule has 16 heavy (non-hydrogen) atoms. The van der Waals surface area contributed by atoms with Crippen LogP contribution in [0.15, 0.2) is 18.3 Å². The van der Waals surface area contributed by atoms with E-state index in [1.807, 2.05) is 5.92 Å². The topological polar surface area (TPSA) is 44.9 Å². The highest BCUT2D eigenvalue weighted by molar-refractivity contribution is 5.93. The Morgan fingerprint density at radius 1 is 1.56 bits per heavy atom. The first-order valence-corrected chi connectivity index (χ1v) is 4.38. The van der Waals surface area contributed by atoms with Gasteiger partial charge in [-0.3, -0.25) is 4.79 Å². The molecule has 0 aliphatic heterocycles. The van der Waals surface area contributed by atoms with Crippen LogP contribution in [0.5, 0.6) is 0 Å². The zero-order chi connectivity index (χ0) is 12.2. The van der Waals surface area contributed by atoms with Gasteiger partial charge in [-0.15, -0.1) is 0 Å². The molecule has 0 radical (unpaired) electrons. The predicted molar refractivity (Wildman–Crippen MR) is 51.2 cm³/mol. The van der Waals surface area contributed by atoms with Crippen molar-refractivity contribution in [2.24, 2.45) is 0 Å². The van der Waals surface area contributed by atoms with E-state index in [4.69, 9.17) is 0 Å². The summed E-state index contributed by atoms with van der Waals surface area (Å²) in [6.45, 7) is 1.37. The summed E-state index contributed by atoms with van der Waals surface area (Å²) in [4.78, 5) is 13.4. The summed E-state index contributed by atoms with van der Waals surface area (Å²) in [7, 11) is 0. The Kier molecular flexibility index (Phi) is 3.61. The Morgan fingerprint density at radius 2 is 2.25 bits per heavy atom. The van der Waals surface area contributed by atoms with E-state index < -0.39 is 18.1 Å². The van der Waals surface area contributed by atoms with E-state index in [9.17, 15) is 18.0 Å². The largest absolute Gasteiger partial charge is 0.414 e. The first-order valence-electron chi connectivity index (χ1n) is 4.38. The molecule has 0 bridgehead atoms. The molecule has 0 saturated carbocycles. The number of hydrogen-bond acceptors (Lipinski definition) is 1. The van der Waals surface area contributed by atoms with Gasteiger partial charge in [0.05, 0.1) is 0 Å². The van der Waals surface area contributed by atoms with Crippen molar-refractivity contribution in [3.63, 3.8) is 0 Å². The molecule has 0 spiro atoms. The summed E-state index contributed by atoms with van der Waals surface area (Å²) in [6, 6.07) is 0.611. The lowest BCUT2D eigenvalue weighted by molar-refractivity contribution is -0.162. The van der Waals surface area contributed by atoms with Crippen molar-refractivity contribution in [1.82, 2.24) is 10.3 Å². The molecule has 3 nitrogen and oxygen atoms in total. The molecule has 0 fully saturated rings. The van der Waals surface area contributed by atoms with Gasteiger partial charge in [0.25, 0.3) is 5.91 Å². The molecule has 6 heteroatoms. The summed E-state index contributed by atoms with van der Waals surface area (Å²) in [6.07, 6.45) is -3.21. The monoisotopic (exact) mass is 230 g/mol. The number of halogens is 3. The fraction of sp³-hybridized carbons (Fsp3) is 0.300. The lowest BCUT2D eigenvalue weighted by atomic mass is 10.2. The van der Waals surface area contributed by atoms with E-state index in [1.54, 1.807) is 5.32 Å². The van der Waals surface area contributed by atoms with Gasteiger partial charge in [-0.1, -0.05) is 5.92 Å². The van der Waals surface area contributed by atoms with Gasteiger partial charge in [-0.2, -0.15) is 13.2 Å². The van der Waals surface area contributed by atoms with Gasteiger partial charge < -0.3 is 10.3 Å². The van der Waals surface area contributed by atoms with Crippen LogP contribution in [0.1, 0.15) is 18.7 Å². The summed E-state index contributed by atoms with van der Waals surface area (Å²) in [5.74, 6) is 3.27. The number of carbonyl (C=O) groups excluding carboxylic acids is 1. The number of carbonyl (C=O) groups is 1. The quantitative estimate of drug-likeness (QED) is 0.747. The van der Waals surface area contributed by atoms with Gasteiger partial charge >= 0.3 is 6.18 Å². The van der Waals surface area contributed by atoms with Crippen LogP contribution in [0.4, 0.5) is 13.2 Å². The molecule has 1 amide bonds. The first-order chi connectivity index (χ1) is 7.45. The summed E-state index contributed by atoms with van der Waals surface area (Å²) < 4.78 is 37.8. The molecule has 1 atom stereocenters. The fourth-order valence-corrected chi connectivity index (χ4v) is 1.14. The second-order valence-electron chi connectivity index (χ2n) is 2.95. The summed E-state index contributed by atoms with van der Waals surface area (Å²) >= 11 is 0. The molecular weight excluding hydrogens is 221 g/mol. The number of nitrogens with one attached hydrogen (secondary N) is 2. The molecule has 1 heterocycles. The van der Waals surface area contributed by atoms with Gasteiger partial charge in [0, 0.05) is 11.9 Å². The molecule has 0 aliphatic rings. The van der Waals surface area contributed by atoms with Crippen LogP contribution in [0.25, 0.3) is 0 Å². The highest BCUT2D eigenvalue weighted by atomic mass is 19.4. The van der Waals surface area contributed by atoms with Crippen LogP contribution in [-0.2, 0) is 4.79 Å². The normalized spacial score (nSPS) is 12.5. The van der Waals surface area contributed by atoms with Gasteiger partial charge in [-0.05, 0) is 25.0 Å². The minimum atomic E-state index is -4.56. The van der Waals surface area contributed by atoms with Crippen molar-refractivity contribution < 1.29 is 18.0 Å². The Bertz CT molecular complexity index is 412. The minimum absolute atomic E-state index is 0.126. The van der Waals surface area contributed by atoms with E-state index in [2.05, 4.69) is 10.9 Å². The molecule has 1 rings (SSSR count). The molecule has 2 N–H and O–H groups in total. The number of alkyl halides is 3. The maximum Gasteiger partial charge on any atom is 0.414 e. The van der Waals surface area contributed by atoms with Gasteiger partial charge in [-0.25, -0.2) is 0 Å². The second kappa shape index (κ2) is 4.75. The minimum Gasteiger partial charge on any atom is -0.363 e. The summed E-state index contributed by atoms with van der Waals surface area (Å²) in [5, 5.41) is 1.79. The van der Waals surface area contributed by atoms with Crippen molar-refractivity contribution in [3.8, 4) is 11.8 Å². The van der Waals surface area contributed by atoms with E-state index >= 15 is 0 Å². The maximum absolute atomic E-state index is 12.6. The van der Waals surface area contributed by atoms with Crippen molar-refractivity contribution in [2.75, 3.05) is 0 Å². The molecule has 0 aliphatic carbocycles. The van der Waals surface area contributed by atoms with E-state index in [1.165, 1.54) is 25.3 Å².